The van der Waals surface area contributed by atoms with Crippen molar-refractivity contribution in [1.29, 1.82) is 0 Å². The van der Waals surface area contributed by atoms with Crippen molar-refractivity contribution < 1.29 is 39.4 Å². The largest absolute Gasteiger partial charge is 0.507 e. The summed E-state index contributed by atoms with van der Waals surface area (Å²) in [7, 11) is 1.34. The van der Waals surface area contributed by atoms with Gasteiger partial charge in [0.25, 0.3) is 17.4 Å². The van der Waals surface area contributed by atoms with Crippen molar-refractivity contribution >= 4 is 29.1 Å². The number of amides is 1. The molecule has 3 N–H and O–H groups in total. The highest BCUT2D eigenvalue weighted by Gasteiger charge is 2.46. The lowest BCUT2D eigenvalue weighted by atomic mass is 9.94. The fourth-order valence-corrected chi connectivity index (χ4v) is 3.95. The highest BCUT2D eigenvalue weighted by molar-refractivity contribution is 6.46. The van der Waals surface area contributed by atoms with Crippen LogP contribution in [0.2, 0.25) is 0 Å². The number of Topliss-reactive ketones (excluding diaryl/α,β-unsaturated/α-hetero) is 1. The Morgan fingerprint density at radius 1 is 1.09 bits per heavy atom. The van der Waals surface area contributed by atoms with Crippen molar-refractivity contribution in [2.24, 2.45) is 0 Å². The van der Waals surface area contributed by atoms with Crippen molar-refractivity contribution in [2.45, 2.75) is 31.7 Å². The molecule has 184 valence electrons. The van der Waals surface area contributed by atoms with Gasteiger partial charge in [0.05, 0.1) is 23.6 Å². The molecule has 1 amide bonds. The summed E-state index contributed by atoms with van der Waals surface area (Å²) in [5, 5.41) is 40.7. The summed E-state index contributed by atoms with van der Waals surface area (Å²) in [6.07, 6.45) is 1.31. The molecule has 1 aliphatic rings. The van der Waals surface area contributed by atoms with Gasteiger partial charge in [-0.3, -0.25) is 24.5 Å². The predicted octanol–water partition coefficient (Wildman–Crippen LogP) is 3.38. The van der Waals surface area contributed by atoms with Crippen molar-refractivity contribution in [3.05, 3.63) is 69.3 Å². The maximum atomic E-state index is 13.0. The highest BCUT2D eigenvalue weighted by Crippen LogP contribution is 2.42. The third-order valence-corrected chi connectivity index (χ3v) is 5.70. The molecule has 11 nitrogen and oxygen atoms in total. The summed E-state index contributed by atoms with van der Waals surface area (Å²) in [6.45, 7) is 0.120. The molecule has 0 bridgehead atoms. The van der Waals surface area contributed by atoms with E-state index in [2.05, 4.69) is 0 Å². The molecule has 0 aliphatic carbocycles. The normalized spacial score (nSPS) is 16.9. The van der Waals surface area contributed by atoms with Gasteiger partial charge < -0.3 is 25.0 Å². The first-order valence-corrected chi connectivity index (χ1v) is 10.8. The first-order valence-electron chi connectivity index (χ1n) is 10.8. The zero-order valence-electron chi connectivity index (χ0n) is 18.8. The lowest BCUT2D eigenvalue weighted by Crippen LogP contribution is -2.30. The molecule has 3 rings (SSSR count). The Hall–Kier alpha value is -4.41. The number of unbranched alkanes of at least 4 members (excludes halogenated alkanes) is 2. The monoisotopic (exact) mass is 484 g/mol. The standard InChI is InChI=1S/C24H24N2O9/c1-35-18-13-15(8-11-17(18)27)21-20(22(30)14-6-9-16(10-7-14)26(33)34)23(31)24(32)25(21)12-4-2-3-5-19(28)29/h6-11,13,21,27,30H,2-5,12H2,1H3,(H,28,29)/b22-20+/t21-/m0/s1. The fourth-order valence-electron chi connectivity index (χ4n) is 3.95. The summed E-state index contributed by atoms with van der Waals surface area (Å²) in [6, 6.07) is 8.18. The highest BCUT2D eigenvalue weighted by atomic mass is 16.6. The number of likely N-dealkylation sites (tertiary alicyclic amines) is 1. The van der Waals surface area contributed by atoms with Gasteiger partial charge in [0, 0.05) is 30.7 Å². The predicted molar refractivity (Wildman–Crippen MR) is 123 cm³/mol. The van der Waals surface area contributed by atoms with Crippen LogP contribution in [0.1, 0.15) is 42.9 Å². The van der Waals surface area contributed by atoms with Crippen LogP contribution in [-0.4, -0.2) is 56.5 Å². The molecule has 0 unspecified atom stereocenters. The number of aromatic hydroxyl groups is 1. The summed E-state index contributed by atoms with van der Waals surface area (Å²) in [4.78, 5) is 48.3. The summed E-state index contributed by atoms with van der Waals surface area (Å²) in [5.41, 5.74) is 0.101. The number of non-ortho nitro benzene ring substituents is 1. The van der Waals surface area contributed by atoms with Crippen LogP contribution in [-0.2, 0) is 14.4 Å². The number of aliphatic hydroxyl groups is 1. The number of ether oxygens (including phenoxy) is 1. The number of hydrogen-bond donors (Lipinski definition) is 3. The number of rotatable bonds is 10. The summed E-state index contributed by atoms with van der Waals surface area (Å²) < 4.78 is 5.15. The first kappa shape index (κ1) is 25.2. The SMILES string of the molecule is COc1cc([C@H]2/C(=C(\O)c3ccc([N+](=O)[O-])cc3)C(=O)C(=O)N2CCCCCC(=O)O)ccc1O. The number of aliphatic carboxylic acids is 1. The van der Waals surface area contributed by atoms with Crippen LogP contribution in [0.25, 0.3) is 5.76 Å². The molecule has 1 fully saturated rings. The zero-order chi connectivity index (χ0) is 25.7. The van der Waals surface area contributed by atoms with Gasteiger partial charge in [-0.2, -0.15) is 0 Å². The minimum atomic E-state index is -1.01. The second-order valence-electron chi connectivity index (χ2n) is 7.93. The quantitative estimate of drug-likeness (QED) is 0.114. The van der Waals surface area contributed by atoms with E-state index in [9.17, 15) is 34.7 Å². The minimum absolute atomic E-state index is 0.0163. The third-order valence-electron chi connectivity index (χ3n) is 5.70. The number of nitro groups is 1. The number of aliphatic hydroxyl groups excluding tert-OH is 1. The maximum Gasteiger partial charge on any atom is 0.303 e. The topological polar surface area (TPSA) is 168 Å². The van der Waals surface area contributed by atoms with Gasteiger partial charge in [-0.15, -0.1) is 0 Å². The van der Waals surface area contributed by atoms with Crippen LogP contribution in [0.15, 0.2) is 48.0 Å². The minimum Gasteiger partial charge on any atom is -0.507 e. The van der Waals surface area contributed by atoms with E-state index in [-0.39, 0.29) is 41.3 Å². The second kappa shape index (κ2) is 10.7. The number of carbonyl (C=O) groups is 3. The van der Waals surface area contributed by atoms with E-state index in [4.69, 9.17) is 9.84 Å². The number of phenolic OH excluding ortho intramolecular Hbond substituents is 1. The van der Waals surface area contributed by atoms with Gasteiger partial charge in [-0.25, -0.2) is 0 Å². The van der Waals surface area contributed by atoms with Crippen molar-refractivity contribution in [3.63, 3.8) is 0 Å². The third kappa shape index (κ3) is 5.40. The van der Waals surface area contributed by atoms with E-state index in [1.165, 1.54) is 54.5 Å². The molecule has 0 spiro atoms. The smallest absolute Gasteiger partial charge is 0.303 e. The van der Waals surface area contributed by atoms with Gasteiger partial charge in [0.2, 0.25) is 0 Å². The molecule has 0 saturated carbocycles. The number of nitro benzene ring substituents is 1. The van der Waals surface area contributed by atoms with Crippen molar-refractivity contribution in [3.8, 4) is 11.5 Å². The number of methoxy groups -OCH3 is 1. The van der Waals surface area contributed by atoms with Gasteiger partial charge >= 0.3 is 5.97 Å². The Kier molecular flexibility index (Phi) is 7.69. The molecule has 2 aromatic rings. The Labute approximate surface area is 200 Å². The molecular weight excluding hydrogens is 460 g/mol. The summed E-state index contributed by atoms with van der Waals surface area (Å²) >= 11 is 0. The van der Waals surface area contributed by atoms with Gasteiger partial charge in [0.1, 0.15) is 5.76 Å². The number of ketones is 1. The average molecular weight is 484 g/mol. The molecule has 0 aromatic heterocycles. The van der Waals surface area contributed by atoms with E-state index >= 15 is 0 Å². The number of benzene rings is 2. The lowest BCUT2D eigenvalue weighted by molar-refractivity contribution is -0.384. The Bertz CT molecular complexity index is 1190. The van der Waals surface area contributed by atoms with Gasteiger partial charge in [-0.1, -0.05) is 12.5 Å². The Morgan fingerprint density at radius 3 is 2.37 bits per heavy atom. The number of carboxylic acid groups (broad SMARTS) is 1. The molecule has 1 atom stereocenters. The number of nitrogens with zero attached hydrogens (tertiary/aromatic N) is 2. The van der Waals surface area contributed by atoms with E-state index in [1.807, 2.05) is 0 Å². The van der Waals surface area contributed by atoms with Gasteiger partial charge in [0.15, 0.2) is 11.5 Å². The van der Waals surface area contributed by atoms with Crippen LogP contribution >= 0.6 is 0 Å². The molecular formula is C24H24N2O9. The van der Waals surface area contributed by atoms with E-state index in [1.54, 1.807) is 0 Å². The molecule has 1 aliphatic heterocycles. The molecule has 0 radical (unpaired) electrons. The van der Waals surface area contributed by atoms with E-state index in [0.717, 1.165) is 0 Å². The van der Waals surface area contributed by atoms with Crippen molar-refractivity contribution in [2.75, 3.05) is 13.7 Å². The second-order valence-corrected chi connectivity index (χ2v) is 7.93. The van der Waals surface area contributed by atoms with Crippen LogP contribution in [0.3, 0.4) is 0 Å². The van der Waals surface area contributed by atoms with E-state index in [0.29, 0.717) is 24.8 Å². The van der Waals surface area contributed by atoms with Crippen LogP contribution in [0.5, 0.6) is 11.5 Å². The number of carboxylic acids is 1. The Morgan fingerprint density at radius 2 is 1.77 bits per heavy atom. The molecule has 35 heavy (non-hydrogen) atoms. The average Bonchev–Trinajstić information content (AvgIpc) is 3.08. The van der Waals surface area contributed by atoms with Crippen molar-refractivity contribution in [1.82, 2.24) is 4.90 Å². The summed E-state index contributed by atoms with van der Waals surface area (Å²) in [5.74, 6) is -3.25. The number of phenols is 1. The first-order chi connectivity index (χ1) is 16.6. The van der Waals surface area contributed by atoms with Crippen LogP contribution in [0.4, 0.5) is 5.69 Å². The van der Waals surface area contributed by atoms with Crippen LogP contribution < -0.4 is 4.74 Å². The molecule has 11 heteroatoms. The lowest BCUT2D eigenvalue weighted by Gasteiger charge is -2.25. The molecule has 2 aromatic carbocycles. The van der Waals surface area contributed by atoms with Gasteiger partial charge in [-0.05, 0) is 42.7 Å². The maximum absolute atomic E-state index is 13.0. The van der Waals surface area contributed by atoms with Crippen LogP contribution in [0, 0.1) is 10.1 Å². The number of hydrogen-bond acceptors (Lipinski definition) is 8. The molecule has 1 heterocycles. The molecule has 1 saturated heterocycles. The number of carbonyl (C=O) groups excluding carboxylic acids is 2. The zero-order valence-corrected chi connectivity index (χ0v) is 18.8. The Balaban J connectivity index is 2.04. The fraction of sp³-hybridized carbons (Fsp3) is 0.292. The van der Waals surface area contributed by atoms with E-state index < -0.39 is 34.4 Å².